The molecule has 0 unspecified atom stereocenters. The zero-order valence-electron chi connectivity index (χ0n) is 10.2. The third-order valence-electron chi connectivity index (χ3n) is 3.33. The van der Waals surface area contributed by atoms with Crippen LogP contribution in [0.3, 0.4) is 0 Å². The quantitative estimate of drug-likeness (QED) is 0.851. The normalized spacial score (nSPS) is 21.5. The van der Waals surface area contributed by atoms with Crippen molar-refractivity contribution in [3.05, 3.63) is 30.1 Å². The first kappa shape index (κ1) is 12.0. The summed E-state index contributed by atoms with van der Waals surface area (Å²) < 4.78 is 0. The van der Waals surface area contributed by atoms with E-state index in [-0.39, 0.29) is 17.9 Å². The van der Waals surface area contributed by atoms with Gasteiger partial charge >= 0.3 is 0 Å². The van der Waals surface area contributed by atoms with Crippen molar-refractivity contribution in [1.82, 2.24) is 9.88 Å². The highest BCUT2D eigenvalue weighted by atomic mass is 16.2. The van der Waals surface area contributed by atoms with E-state index >= 15 is 0 Å². The number of hydrogen-bond acceptors (Lipinski definition) is 3. The van der Waals surface area contributed by atoms with Crippen LogP contribution in [-0.2, 0) is 4.79 Å². The molecule has 1 aromatic heterocycles. The van der Waals surface area contributed by atoms with Crippen molar-refractivity contribution in [2.45, 2.75) is 31.7 Å². The van der Waals surface area contributed by atoms with Crippen molar-refractivity contribution in [3.8, 4) is 0 Å². The molecule has 0 bridgehead atoms. The van der Waals surface area contributed by atoms with Crippen molar-refractivity contribution in [3.63, 3.8) is 0 Å². The van der Waals surface area contributed by atoms with E-state index in [0.29, 0.717) is 13.0 Å². The molecule has 0 aromatic carbocycles. The monoisotopic (exact) mass is 233 g/mol. The fourth-order valence-corrected chi connectivity index (χ4v) is 2.21. The van der Waals surface area contributed by atoms with Crippen LogP contribution < -0.4 is 5.73 Å². The van der Waals surface area contributed by atoms with Gasteiger partial charge in [-0.2, -0.15) is 0 Å². The zero-order chi connectivity index (χ0) is 12.3. The van der Waals surface area contributed by atoms with Gasteiger partial charge < -0.3 is 10.6 Å². The smallest absolute Gasteiger partial charge is 0.223 e. The predicted octanol–water partition coefficient (Wildman–Crippen LogP) is 1.13. The third kappa shape index (κ3) is 3.03. The second kappa shape index (κ2) is 5.27. The van der Waals surface area contributed by atoms with E-state index in [1.165, 1.54) is 0 Å². The number of likely N-dealkylation sites (tertiary alicyclic amines) is 1. The number of hydrogen-bond donors (Lipinski definition) is 1. The van der Waals surface area contributed by atoms with Crippen molar-refractivity contribution in [2.75, 3.05) is 13.1 Å². The number of pyridine rings is 1. The van der Waals surface area contributed by atoms with Gasteiger partial charge in [0.05, 0.1) is 0 Å². The molecule has 4 heteroatoms. The molecule has 1 fully saturated rings. The van der Waals surface area contributed by atoms with Crippen molar-refractivity contribution in [2.24, 2.45) is 5.73 Å². The van der Waals surface area contributed by atoms with Gasteiger partial charge in [0.1, 0.15) is 0 Å². The Labute approximate surface area is 102 Å². The van der Waals surface area contributed by atoms with Gasteiger partial charge in [-0.05, 0) is 30.0 Å². The van der Waals surface area contributed by atoms with E-state index in [0.717, 1.165) is 18.5 Å². The molecular formula is C13H19N3O. The first-order valence-corrected chi connectivity index (χ1v) is 6.10. The Kier molecular flexibility index (Phi) is 3.74. The van der Waals surface area contributed by atoms with Crippen LogP contribution in [0.2, 0.25) is 0 Å². The summed E-state index contributed by atoms with van der Waals surface area (Å²) in [5, 5.41) is 0. The molecular weight excluding hydrogens is 214 g/mol. The summed E-state index contributed by atoms with van der Waals surface area (Å²) >= 11 is 0. The van der Waals surface area contributed by atoms with Crippen LogP contribution in [0.15, 0.2) is 24.5 Å². The van der Waals surface area contributed by atoms with E-state index in [4.69, 9.17) is 5.73 Å². The second-order valence-corrected chi connectivity index (χ2v) is 4.77. The molecule has 0 aliphatic carbocycles. The van der Waals surface area contributed by atoms with Crippen LogP contribution in [0.4, 0.5) is 0 Å². The fraction of sp³-hybridized carbons (Fsp3) is 0.538. The minimum Gasteiger partial charge on any atom is -0.341 e. The number of carbonyl (C=O) groups is 1. The highest BCUT2D eigenvalue weighted by Gasteiger charge is 2.24. The van der Waals surface area contributed by atoms with Gasteiger partial charge in [0.2, 0.25) is 5.91 Å². The minimum atomic E-state index is 0.162. The number of aromatic nitrogens is 1. The largest absolute Gasteiger partial charge is 0.341 e. The number of nitrogens with zero attached hydrogens (tertiary/aromatic N) is 2. The summed E-state index contributed by atoms with van der Waals surface area (Å²) in [4.78, 5) is 17.9. The van der Waals surface area contributed by atoms with Gasteiger partial charge in [0, 0.05) is 37.9 Å². The lowest BCUT2D eigenvalue weighted by Gasteiger charge is -2.18. The van der Waals surface area contributed by atoms with E-state index in [1.807, 2.05) is 17.0 Å². The summed E-state index contributed by atoms with van der Waals surface area (Å²) in [6.45, 7) is 3.59. The van der Waals surface area contributed by atoms with Gasteiger partial charge in [-0.1, -0.05) is 6.92 Å². The van der Waals surface area contributed by atoms with E-state index in [1.54, 1.807) is 12.4 Å². The summed E-state index contributed by atoms with van der Waals surface area (Å²) in [6, 6.07) is 4.09. The molecule has 1 aliphatic rings. The van der Waals surface area contributed by atoms with E-state index < -0.39 is 0 Å². The maximum Gasteiger partial charge on any atom is 0.223 e. The lowest BCUT2D eigenvalue weighted by Crippen LogP contribution is -2.32. The van der Waals surface area contributed by atoms with Crippen molar-refractivity contribution in [1.29, 1.82) is 0 Å². The zero-order valence-corrected chi connectivity index (χ0v) is 10.2. The molecule has 2 N–H and O–H groups in total. The molecule has 1 amide bonds. The highest BCUT2D eigenvalue weighted by molar-refractivity contribution is 5.77. The predicted molar refractivity (Wildman–Crippen MR) is 66.4 cm³/mol. The Balaban J connectivity index is 1.91. The van der Waals surface area contributed by atoms with Crippen LogP contribution in [0, 0.1) is 0 Å². The Morgan fingerprint density at radius 3 is 2.88 bits per heavy atom. The number of amides is 1. The molecule has 2 heterocycles. The third-order valence-corrected chi connectivity index (χ3v) is 3.33. The maximum absolute atomic E-state index is 12.0. The average molecular weight is 233 g/mol. The maximum atomic E-state index is 12.0. The highest BCUT2D eigenvalue weighted by Crippen LogP contribution is 2.20. The Hall–Kier alpha value is -1.42. The lowest BCUT2D eigenvalue weighted by atomic mass is 9.98. The van der Waals surface area contributed by atoms with Crippen LogP contribution in [0.5, 0.6) is 0 Å². The number of nitrogens with two attached hydrogens (primary N) is 1. The van der Waals surface area contributed by atoms with E-state index in [9.17, 15) is 4.79 Å². The molecule has 2 atom stereocenters. The molecule has 1 saturated heterocycles. The molecule has 0 spiro atoms. The molecule has 0 radical (unpaired) electrons. The van der Waals surface area contributed by atoms with Crippen molar-refractivity contribution < 1.29 is 4.79 Å². The molecule has 4 nitrogen and oxygen atoms in total. The lowest BCUT2D eigenvalue weighted by molar-refractivity contribution is -0.130. The minimum absolute atomic E-state index is 0.162. The summed E-state index contributed by atoms with van der Waals surface area (Å²) in [5.74, 6) is 0.449. The first-order chi connectivity index (χ1) is 8.16. The average Bonchev–Trinajstić information content (AvgIpc) is 2.77. The number of rotatable bonds is 3. The topological polar surface area (TPSA) is 59.2 Å². The van der Waals surface area contributed by atoms with Crippen LogP contribution in [0.1, 0.15) is 31.2 Å². The van der Waals surface area contributed by atoms with Crippen LogP contribution in [0.25, 0.3) is 0 Å². The fourth-order valence-electron chi connectivity index (χ4n) is 2.21. The molecule has 92 valence electrons. The molecule has 1 aromatic rings. The Bertz CT molecular complexity index is 380. The SMILES string of the molecule is C[C@H](CC(=O)N1CC[C@@H](N)C1)c1ccncc1. The molecule has 17 heavy (non-hydrogen) atoms. The Morgan fingerprint density at radius 1 is 1.59 bits per heavy atom. The van der Waals surface area contributed by atoms with Gasteiger partial charge in [-0.15, -0.1) is 0 Å². The summed E-state index contributed by atoms with van der Waals surface area (Å²) in [5.41, 5.74) is 6.97. The van der Waals surface area contributed by atoms with Gasteiger partial charge in [-0.25, -0.2) is 0 Å². The van der Waals surface area contributed by atoms with Crippen LogP contribution >= 0.6 is 0 Å². The summed E-state index contributed by atoms with van der Waals surface area (Å²) in [6.07, 6.45) is 5.01. The van der Waals surface area contributed by atoms with Crippen molar-refractivity contribution >= 4 is 5.91 Å². The van der Waals surface area contributed by atoms with Gasteiger partial charge in [-0.3, -0.25) is 9.78 Å². The molecule has 2 rings (SSSR count). The summed E-state index contributed by atoms with van der Waals surface area (Å²) in [7, 11) is 0. The molecule has 1 aliphatic heterocycles. The Morgan fingerprint density at radius 2 is 2.29 bits per heavy atom. The van der Waals surface area contributed by atoms with E-state index in [2.05, 4.69) is 11.9 Å². The second-order valence-electron chi connectivity index (χ2n) is 4.77. The van der Waals surface area contributed by atoms with Gasteiger partial charge in [0.15, 0.2) is 0 Å². The number of carbonyl (C=O) groups excluding carboxylic acids is 1. The van der Waals surface area contributed by atoms with Crippen LogP contribution in [-0.4, -0.2) is 34.9 Å². The van der Waals surface area contributed by atoms with Gasteiger partial charge in [0.25, 0.3) is 0 Å². The molecule has 0 saturated carbocycles. The standard InChI is InChI=1S/C13H19N3O/c1-10(11-2-5-15-6-3-11)8-13(17)16-7-4-12(14)9-16/h2-3,5-6,10,12H,4,7-9,14H2,1H3/t10-,12-/m1/s1. The first-order valence-electron chi connectivity index (χ1n) is 6.10.